The molecule has 0 N–H and O–H groups in total. The summed E-state index contributed by atoms with van der Waals surface area (Å²) < 4.78 is 19.5. The maximum absolute atomic E-state index is 6.50. The van der Waals surface area contributed by atoms with E-state index >= 15 is 0 Å². The Bertz CT molecular complexity index is 891. The molecule has 0 aliphatic rings. The van der Waals surface area contributed by atoms with E-state index in [0.717, 1.165) is 10.6 Å². The van der Waals surface area contributed by atoms with E-state index in [1.165, 1.54) is 16.2 Å². The van der Waals surface area contributed by atoms with Gasteiger partial charge < -0.3 is 13.3 Å². The van der Waals surface area contributed by atoms with Crippen LogP contribution in [-0.4, -0.2) is 27.1 Å². The minimum Gasteiger partial charge on any atom is -0.367 e. The van der Waals surface area contributed by atoms with Gasteiger partial charge in [-0.25, -0.2) is 0 Å². The third-order valence-corrected chi connectivity index (χ3v) is 7.69. The Balaban J connectivity index is 2.36. The van der Waals surface area contributed by atoms with Crippen LogP contribution in [0.15, 0.2) is 54.6 Å². The van der Waals surface area contributed by atoms with Gasteiger partial charge in [0.25, 0.3) is 0 Å². The molecule has 0 saturated carbocycles. The Morgan fingerprint density at radius 3 is 1.56 bits per heavy atom. The largest absolute Gasteiger partial charge is 0.538 e. The molecule has 0 heterocycles. The van der Waals surface area contributed by atoms with E-state index in [9.17, 15) is 0 Å². The van der Waals surface area contributed by atoms with Crippen LogP contribution in [0.4, 0.5) is 0 Å². The van der Waals surface area contributed by atoms with Gasteiger partial charge in [0.2, 0.25) is 0 Å². The first-order chi connectivity index (χ1) is 12.8. The second-order valence-electron chi connectivity index (χ2n) is 7.75. The van der Waals surface area contributed by atoms with Crippen LogP contribution in [-0.2, 0) is 13.3 Å². The maximum Gasteiger partial charge on any atom is 0.538 e. The summed E-state index contributed by atoms with van der Waals surface area (Å²) in [5.41, 5.74) is 0. The minimum atomic E-state index is -3.14. The smallest absolute Gasteiger partial charge is 0.367 e. The fourth-order valence-corrected chi connectivity index (χ4v) is 6.80. The van der Waals surface area contributed by atoms with Crippen LogP contribution in [0.25, 0.3) is 21.5 Å². The zero-order chi connectivity index (χ0) is 19.6. The Hall–Kier alpha value is -1.72. The molecule has 0 radical (unpaired) electrons. The molecular formula is C23H30O3Si. The van der Waals surface area contributed by atoms with Gasteiger partial charge in [0.15, 0.2) is 0 Å². The van der Waals surface area contributed by atoms with Crippen molar-refractivity contribution in [3.8, 4) is 0 Å². The molecule has 0 fully saturated rings. The van der Waals surface area contributed by atoms with Crippen LogP contribution < -0.4 is 5.19 Å². The van der Waals surface area contributed by atoms with Gasteiger partial charge in [-0.3, -0.25) is 0 Å². The second-order valence-corrected chi connectivity index (χ2v) is 10.1. The molecule has 3 aromatic rings. The lowest BCUT2D eigenvalue weighted by Crippen LogP contribution is -2.60. The van der Waals surface area contributed by atoms with Crippen molar-refractivity contribution in [3.05, 3.63) is 54.6 Å². The standard InChI is InChI=1S/C23H30O3Si/c1-16(2)24-27(25-17(3)4,26-18(5)6)23-15-19-11-7-8-12-20(19)21-13-9-10-14-22(21)23/h7-18H,1-6H3. The average molecular weight is 383 g/mol. The zero-order valence-corrected chi connectivity index (χ0v) is 18.2. The molecule has 0 aliphatic carbocycles. The van der Waals surface area contributed by atoms with E-state index in [1.54, 1.807) is 0 Å². The molecule has 3 aromatic carbocycles. The van der Waals surface area contributed by atoms with Crippen LogP contribution in [0, 0.1) is 0 Å². The van der Waals surface area contributed by atoms with Crippen molar-refractivity contribution in [2.75, 3.05) is 0 Å². The number of benzene rings is 3. The summed E-state index contributed by atoms with van der Waals surface area (Å²) in [5.74, 6) is 0. The van der Waals surface area contributed by atoms with Crippen molar-refractivity contribution in [3.63, 3.8) is 0 Å². The third-order valence-electron chi connectivity index (χ3n) is 4.27. The summed E-state index contributed by atoms with van der Waals surface area (Å²) in [7, 11) is -3.14. The van der Waals surface area contributed by atoms with E-state index in [4.69, 9.17) is 13.3 Å². The lowest BCUT2D eigenvalue weighted by Gasteiger charge is -2.35. The summed E-state index contributed by atoms with van der Waals surface area (Å²) in [6.07, 6.45) is -0.00167. The lowest BCUT2D eigenvalue weighted by molar-refractivity contribution is 0.0156. The lowest BCUT2D eigenvalue weighted by atomic mass is 10.0. The Morgan fingerprint density at radius 1 is 0.593 bits per heavy atom. The third kappa shape index (κ3) is 4.24. The van der Waals surface area contributed by atoms with Gasteiger partial charge in [0, 0.05) is 23.5 Å². The highest BCUT2D eigenvalue weighted by Gasteiger charge is 2.48. The van der Waals surface area contributed by atoms with Crippen LogP contribution >= 0.6 is 0 Å². The molecule has 4 heteroatoms. The van der Waals surface area contributed by atoms with Crippen molar-refractivity contribution in [1.82, 2.24) is 0 Å². The molecule has 0 saturated heterocycles. The van der Waals surface area contributed by atoms with Gasteiger partial charge in [-0.05, 0) is 69.2 Å². The normalized spacial score (nSPS) is 12.8. The monoisotopic (exact) mass is 382 g/mol. The Labute approximate surface area is 163 Å². The molecule has 27 heavy (non-hydrogen) atoms. The van der Waals surface area contributed by atoms with E-state index in [2.05, 4.69) is 54.6 Å². The molecule has 0 aliphatic heterocycles. The van der Waals surface area contributed by atoms with Gasteiger partial charge in [-0.1, -0.05) is 48.5 Å². The molecule has 3 rings (SSSR count). The first-order valence-electron chi connectivity index (χ1n) is 9.77. The van der Waals surface area contributed by atoms with Crippen LogP contribution in [0.5, 0.6) is 0 Å². The molecular weight excluding hydrogens is 352 g/mol. The Kier molecular flexibility index (Phi) is 6.01. The molecule has 144 valence electrons. The van der Waals surface area contributed by atoms with E-state index in [0.29, 0.717) is 0 Å². The topological polar surface area (TPSA) is 27.7 Å². The van der Waals surface area contributed by atoms with Crippen LogP contribution in [0.2, 0.25) is 0 Å². The highest BCUT2D eigenvalue weighted by atomic mass is 28.4. The SMILES string of the molecule is CC(C)O[Si](OC(C)C)(OC(C)C)c1cc2ccccc2c2ccccc12. The molecule has 0 aromatic heterocycles. The first kappa shape index (κ1) is 20.0. The van der Waals surface area contributed by atoms with Crippen molar-refractivity contribution in [1.29, 1.82) is 0 Å². The van der Waals surface area contributed by atoms with E-state index < -0.39 is 8.80 Å². The van der Waals surface area contributed by atoms with Crippen molar-refractivity contribution < 1.29 is 13.3 Å². The summed E-state index contributed by atoms with van der Waals surface area (Å²) in [4.78, 5) is 0. The zero-order valence-electron chi connectivity index (χ0n) is 17.2. The predicted molar refractivity (Wildman–Crippen MR) is 116 cm³/mol. The highest BCUT2D eigenvalue weighted by Crippen LogP contribution is 2.28. The van der Waals surface area contributed by atoms with Crippen molar-refractivity contribution in [2.45, 2.75) is 59.9 Å². The second kappa shape index (κ2) is 8.11. The molecule has 0 atom stereocenters. The fraction of sp³-hybridized carbons (Fsp3) is 0.391. The van der Waals surface area contributed by atoms with E-state index in [1.807, 2.05) is 41.5 Å². The van der Waals surface area contributed by atoms with Crippen LogP contribution in [0.1, 0.15) is 41.5 Å². The molecule has 0 unspecified atom stereocenters. The highest BCUT2D eigenvalue weighted by molar-refractivity contribution is 6.78. The Morgan fingerprint density at radius 2 is 1.04 bits per heavy atom. The average Bonchev–Trinajstić information content (AvgIpc) is 2.59. The fourth-order valence-electron chi connectivity index (χ4n) is 3.51. The minimum absolute atomic E-state index is 0.000556. The maximum atomic E-state index is 6.50. The number of fused-ring (bicyclic) bond motifs is 3. The van der Waals surface area contributed by atoms with E-state index in [-0.39, 0.29) is 18.3 Å². The van der Waals surface area contributed by atoms with Gasteiger partial charge in [0.1, 0.15) is 0 Å². The molecule has 3 nitrogen and oxygen atoms in total. The summed E-state index contributed by atoms with van der Waals surface area (Å²) in [5, 5.41) is 5.81. The van der Waals surface area contributed by atoms with Crippen LogP contribution in [0.3, 0.4) is 0 Å². The first-order valence-corrected chi connectivity index (χ1v) is 11.5. The van der Waals surface area contributed by atoms with Gasteiger partial charge >= 0.3 is 8.80 Å². The number of hydrogen-bond acceptors (Lipinski definition) is 3. The van der Waals surface area contributed by atoms with Crippen molar-refractivity contribution >= 4 is 35.5 Å². The number of hydrogen-bond donors (Lipinski definition) is 0. The quantitative estimate of drug-likeness (QED) is 0.404. The molecule has 0 spiro atoms. The van der Waals surface area contributed by atoms with Crippen molar-refractivity contribution in [2.24, 2.45) is 0 Å². The summed E-state index contributed by atoms with van der Waals surface area (Å²) in [6.45, 7) is 12.2. The van der Waals surface area contributed by atoms with Gasteiger partial charge in [-0.15, -0.1) is 0 Å². The number of rotatable bonds is 7. The van der Waals surface area contributed by atoms with Gasteiger partial charge in [-0.2, -0.15) is 0 Å². The summed E-state index contributed by atoms with van der Waals surface area (Å²) >= 11 is 0. The summed E-state index contributed by atoms with van der Waals surface area (Å²) in [6, 6.07) is 19.1. The molecule has 0 amide bonds. The van der Waals surface area contributed by atoms with Gasteiger partial charge in [0.05, 0.1) is 0 Å². The predicted octanol–water partition coefficient (Wildman–Crippen LogP) is 5.41. The molecule has 0 bridgehead atoms.